The number of hydrogen-bond acceptors (Lipinski definition) is 1. The third-order valence-corrected chi connectivity index (χ3v) is 2.55. The van der Waals surface area contributed by atoms with Crippen LogP contribution >= 0.6 is 0 Å². The maximum atomic E-state index is 5.18. The SMILES string of the molecule is NC=Cc1ccccc1.c1ccc2[nH]ccc2c1. The minimum atomic E-state index is 1.14. The van der Waals surface area contributed by atoms with Gasteiger partial charge in [0.25, 0.3) is 0 Å². The van der Waals surface area contributed by atoms with Gasteiger partial charge in [0.15, 0.2) is 0 Å². The average molecular weight is 236 g/mol. The van der Waals surface area contributed by atoms with Crippen molar-refractivity contribution >= 4 is 17.0 Å². The van der Waals surface area contributed by atoms with E-state index >= 15 is 0 Å². The molecule has 3 rings (SSSR count). The predicted molar refractivity (Wildman–Crippen MR) is 78.0 cm³/mol. The van der Waals surface area contributed by atoms with E-state index in [0.717, 1.165) is 5.56 Å². The van der Waals surface area contributed by atoms with Gasteiger partial charge in [-0.1, -0.05) is 48.5 Å². The number of aromatic nitrogens is 1. The molecule has 0 atom stereocenters. The molecule has 0 radical (unpaired) electrons. The highest BCUT2D eigenvalue weighted by molar-refractivity contribution is 5.78. The van der Waals surface area contributed by atoms with E-state index in [2.05, 4.69) is 23.2 Å². The van der Waals surface area contributed by atoms with Crippen LogP contribution in [0.25, 0.3) is 17.0 Å². The summed E-state index contributed by atoms with van der Waals surface area (Å²) >= 11 is 0. The van der Waals surface area contributed by atoms with Crippen LogP contribution in [-0.2, 0) is 0 Å². The van der Waals surface area contributed by atoms with E-state index in [1.54, 1.807) is 0 Å². The summed E-state index contributed by atoms with van der Waals surface area (Å²) in [5.41, 5.74) is 7.52. The van der Waals surface area contributed by atoms with Gasteiger partial charge in [-0.3, -0.25) is 0 Å². The molecule has 2 heteroatoms. The molecule has 2 aromatic carbocycles. The maximum Gasteiger partial charge on any atom is 0.0453 e. The van der Waals surface area contributed by atoms with Crippen LogP contribution in [0, 0.1) is 0 Å². The first kappa shape index (κ1) is 12.0. The molecule has 3 aromatic rings. The van der Waals surface area contributed by atoms with Crippen molar-refractivity contribution in [3.8, 4) is 0 Å². The molecule has 0 spiro atoms. The highest BCUT2D eigenvalue weighted by atomic mass is 14.7. The molecule has 0 aliphatic carbocycles. The first-order chi connectivity index (χ1) is 8.90. The fraction of sp³-hybridized carbons (Fsp3) is 0. The van der Waals surface area contributed by atoms with Gasteiger partial charge in [-0.2, -0.15) is 0 Å². The number of benzene rings is 2. The monoisotopic (exact) mass is 236 g/mol. The highest BCUT2D eigenvalue weighted by Gasteiger charge is 1.86. The van der Waals surface area contributed by atoms with E-state index in [0.29, 0.717) is 0 Å². The predicted octanol–water partition coefficient (Wildman–Crippen LogP) is 3.78. The Kier molecular flexibility index (Phi) is 4.20. The Morgan fingerprint density at radius 1 is 0.833 bits per heavy atom. The van der Waals surface area contributed by atoms with Crippen LogP contribution < -0.4 is 5.73 Å². The molecular weight excluding hydrogens is 220 g/mol. The molecular formula is C16H16N2. The lowest BCUT2D eigenvalue weighted by Gasteiger charge is -1.86. The number of rotatable bonds is 1. The summed E-state index contributed by atoms with van der Waals surface area (Å²) in [5.74, 6) is 0. The molecule has 0 unspecified atom stereocenters. The molecule has 1 heterocycles. The smallest absolute Gasteiger partial charge is 0.0453 e. The zero-order valence-corrected chi connectivity index (χ0v) is 10.1. The van der Waals surface area contributed by atoms with Crippen LogP contribution in [0.2, 0.25) is 0 Å². The first-order valence-corrected chi connectivity index (χ1v) is 5.85. The van der Waals surface area contributed by atoms with Gasteiger partial charge in [0.2, 0.25) is 0 Å². The van der Waals surface area contributed by atoms with Gasteiger partial charge in [-0.15, -0.1) is 0 Å². The molecule has 18 heavy (non-hydrogen) atoms. The Morgan fingerprint density at radius 3 is 2.28 bits per heavy atom. The van der Waals surface area contributed by atoms with E-state index in [9.17, 15) is 0 Å². The van der Waals surface area contributed by atoms with Gasteiger partial charge in [0.1, 0.15) is 0 Å². The number of fused-ring (bicyclic) bond motifs is 1. The molecule has 0 bridgehead atoms. The first-order valence-electron chi connectivity index (χ1n) is 5.85. The molecule has 90 valence electrons. The summed E-state index contributed by atoms with van der Waals surface area (Å²) in [6.45, 7) is 0. The zero-order valence-electron chi connectivity index (χ0n) is 10.1. The van der Waals surface area contributed by atoms with Crippen LogP contribution in [0.4, 0.5) is 0 Å². The largest absolute Gasteiger partial charge is 0.405 e. The number of aromatic amines is 1. The van der Waals surface area contributed by atoms with E-state index < -0.39 is 0 Å². The Morgan fingerprint density at radius 2 is 1.56 bits per heavy atom. The van der Waals surface area contributed by atoms with Crippen molar-refractivity contribution in [3.05, 3.63) is 78.6 Å². The van der Waals surface area contributed by atoms with Gasteiger partial charge in [0, 0.05) is 11.7 Å². The summed E-state index contributed by atoms with van der Waals surface area (Å²) in [5, 5.41) is 1.28. The molecule has 0 aliphatic rings. The standard InChI is InChI=1S/C8H7N.C8H9N/c1-2-4-8-7(3-1)5-6-9-8;9-7-6-8-4-2-1-3-5-8/h1-6,9H;1-7H,9H2. The quantitative estimate of drug-likeness (QED) is 0.663. The van der Waals surface area contributed by atoms with Gasteiger partial charge in [0.05, 0.1) is 0 Å². The van der Waals surface area contributed by atoms with Gasteiger partial charge >= 0.3 is 0 Å². The van der Waals surface area contributed by atoms with Crippen LogP contribution in [0.1, 0.15) is 5.56 Å². The Labute approximate surface area is 107 Å². The third-order valence-electron chi connectivity index (χ3n) is 2.55. The lowest BCUT2D eigenvalue weighted by Crippen LogP contribution is -1.75. The van der Waals surface area contributed by atoms with Crippen LogP contribution in [-0.4, -0.2) is 4.98 Å². The van der Waals surface area contributed by atoms with Crippen molar-refractivity contribution in [3.63, 3.8) is 0 Å². The topological polar surface area (TPSA) is 41.8 Å². The van der Waals surface area contributed by atoms with E-state index in [4.69, 9.17) is 5.73 Å². The Bertz CT molecular complexity index is 579. The normalized spacial score (nSPS) is 10.2. The molecule has 0 saturated carbocycles. The third kappa shape index (κ3) is 3.25. The van der Waals surface area contributed by atoms with Gasteiger partial charge in [-0.05, 0) is 35.4 Å². The summed E-state index contributed by atoms with van der Waals surface area (Å²) < 4.78 is 0. The van der Waals surface area contributed by atoms with Crippen molar-refractivity contribution in [1.82, 2.24) is 4.98 Å². The lowest BCUT2D eigenvalue weighted by molar-refractivity contribution is 1.48. The average Bonchev–Trinajstić information content (AvgIpc) is 2.89. The van der Waals surface area contributed by atoms with Crippen LogP contribution in [0.3, 0.4) is 0 Å². The second-order valence-corrected chi connectivity index (χ2v) is 3.83. The van der Waals surface area contributed by atoms with Crippen molar-refractivity contribution in [2.45, 2.75) is 0 Å². The molecule has 0 saturated heterocycles. The zero-order chi connectivity index (χ0) is 12.6. The maximum absolute atomic E-state index is 5.18. The Hall–Kier alpha value is -2.48. The van der Waals surface area contributed by atoms with E-state index in [1.807, 2.05) is 54.7 Å². The molecule has 2 nitrogen and oxygen atoms in total. The van der Waals surface area contributed by atoms with Crippen molar-refractivity contribution < 1.29 is 0 Å². The minimum absolute atomic E-state index is 1.14. The summed E-state index contributed by atoms with van der Waals surface area (Å²) in [6, 6.07) is 20.2. The number of hydrogen-bond donors (Lipinski definition) is 2. The molecule has 1 aromatic heterocycles. The second kappa shape index (κ2) is 6.30. The molecule has 3 N–H and O–H groups in total. The van der Waals surface area contributed by atoms with Crippen molar-refractivity contribution in [1.29, 1.82) is 0 Å². The molecule has 0 fully saturated rings. The number of nitrogens with one attached hydrogen (secondary N) is 1. The lowest BCUT2D eigenvalue weighted by atomic mass is 10.2. The summed E-state index contributed by atoms with van der Waals surface area (Å²) in [4.78, 5) is 3.12. The van der Waals surface area contributed by atoms with E-state index in [-0.39, 0.29) is 0 Å². The van der Waals surface area contributed by atoms with Crippen molar-refractivity contribution in [2.24, 2.45) is 5.73 Å². The number of para-hydroxylation sites is 1. The van der Waals surface area contributed by atoms with Gasteiger partial charge < -0.3 is 10.7 Å². The number of H-pyrrole nitrogens is 1. The highest BCUT2D eigenvalue weighted by Crippen LogP contribution is 2.09. The van der Waals surface area contributed by atoms with Crippen molar-refractivity contribution in [2.75, 3.05) is 0 Å². The fourth-order valence-corrected chi connectivity index (χ4v) is 1.67. The Balaban J connectivity index is 0.000000134. The summed E-state index contributed by atoms with van der Waals surface area (Å²) in [7, 11) is 0. The molecule has 0 aliphatic heterocycles. The van der Waals surface area contributed by atoms with Gasteiger partial charge in [-0.25, -0.2) is 0 Å². The minimum Gasteiger partial charge on any atom is -0.405 e. The fourth-order valence-electron chi connectivity index (χ4n) is 1.67. The summed E-state index contributed by atoms with van der Waals surface area (Å²) in [6.07, 6.45) is 5.35. The number of nitrogens with two attached hydrogens (primary N) is 1. The van der Waals surface area contributed by atoms with E-state index in [1.165, 1.54) is 17.1 Å². The van der Waals surface area contributed by atoms with Crippen LogP contribution in [0.15, 0.2) is 73.1 Å². The second-order valence-electron chi connectivity index (χ2n) is 3.83. The molecule has 0 amide bonds. The van der Waals surface area contributed by atoms with Crippen LogP contribution in [0.5, 0.6) is 0 Å².